The van der Waals surface area contributed by atoms with Gasteiger partial charge in [-0.25, -0.2) is 4.98 Å². The van der Waals surface area contributed by atoms with E-state index in [0.29, 0.717) is 61.2 Å². The lowest BCUT2D eigenvalue weighted by Gasteiger charge is -2.13. The van der Waals surface area contributed by atoms with Gasteiger partial charge < -0.3 is 13.9 Å². The first-order valence-corrected chi connectivity index (χ1v) is 13.5. The van der Waals surface area contributed by atoms with Crippen molar-refractivity contribution in [2.45, 2.75) is 6.61 Å². The molecule has 0 amide bonds. The third kappa shape index (κ3) is 5.11. The molecule has 0 aliphatic carbocycles. The van der Waals surface area contributed by atoms with Crippen LogP contribution in [-0.2, 0) is 6.61 Å². The van der Waals surface area contributed by atoms with E-state index in [2.05, 4.69) is 21.0 Å². The number of furan rings is 1. The van der Waals surface area contributed by atoms with Crippen molar-refractivity contribution in [1.82, 2.24) is 9.66 Å². The van der Waals surface area contributed by atoms with Gasteiger partial charge in [0.05, 0.1) is 24.2 Å². The zero-order valence-corrected chi connectivity index (χ0v) is 23.5. The van der Waals surface area contributed by atoms with Crippen LogP contribution in [0.25, 0.3) is 33.5 Å². The smallest absolute Gasteiger partial charge is 0.282 e. The van der Waals surface area contributed by atoms with E-state index in [1.807, 2.05) is 60.7 Å². The van der Waals surface area contributed by atoms with E-state index < -0.39 is 0 Å². The maximum absolute atomic E-state index is 13.6. The molecule has 0 saturated carbocycles. The Morgan fingerprint density at radius 1 is 1.00 bits per heavy atom. The molecule has 0 unspecified atom stereocenters. The van der Waals surface area contributed by atoms with Crippen LogP contribution >= 0.6 is 27.5 Å². The Hall–Kier alpha value is -4.40. The van der Waals surface area contributed by atoms with Gasteiger partial charge in [-0.3, -0.25) is 4.79 Å². The molecule has 0 fully saturated rings. The molecule has 0 radical (unpaired) electrons. The highest BCUT2D eigenvalue weighted by molar-refractivity contribution is 9.10. The van der Waals surface area contributed by atoms with E-state index in [1.54, 1.807) is 43.7 Å². The second-order valence-corrected chi connectivity index (χ2v) is 10.2. The van der Waals surface area contributed by atoms with E-state index in [1.165, 1.54) is 4.68 Å². The Morgan fingerprint density at radius 2 is 1.77 bits per heavy atom. The molecule has 7 nitrogen and oxygen atoms in total. The fourth-order valence-corrected chi connectivity index (χ4v) is 4.82. The van der Waals surface area contributed by atoms with E-state index in [4.69, 9.17) is 30.5 Å². The third-order valence-corrected chi connectivity index (χ3v) is 7.24. The van der Waals surface area contributed by atoms with Crippen molar-refractivity contribution in [3.05, 3.63) is 122 Å². The Labute approximate surface area is 242 Å². The monoisotopic (exact) mass is 613 g/mol. The van der Waals surface area contributed by atoms with E-state index >= 15 is 0 Å². The van der Waals surface area contributed by atoms with Crippen molar-refractivity contribution in [3.63, 3.8) is 0 Å². The minimum atomic E-state index is -0.316. The summed E-state index contributed by atoms with van der Waals surface area (Å²) in [4.78, 5) is 18.3. The lowest BCUT2D eigenvalue weighted by Crippen LogP contribution is -2.20. The van der Waals surface area contributed by atoms with Crippen molar-refractivity contribution in [3.8, 4) is 23.1 Å². The van der Waals surface area contributed by atoms with E-state index in [-0.39, 0.29) is 5.56 Å². The highest BCUT2D eigenvalue weighted by Gasteiger charge is 2.17. The molecular formula is C31H21BrClN3O4. The molecule has 0 N–H and O–H groups in total. The number of hydrogen-bond donors (Lipinski definition) is 0. The SMILES string of the molecule is COc1cc(C=Nn2c(-c3cc4ccccc4o3)nc3ccccc3c2=O)c(Br)cc1OCc1ccc(Cl)cc1. The molecule has 2 heterocycles. The molecule has 0 aliphatic rings. The molecule has 0 atom stereocenters. The van der Waals surface area contributed by atoms with Crippen LogP contribution in [0.1, 0.15) is 11.1 Å². The predicted octanol–water partition coefficient (Wildman–Crippen LogP) is 7.70. The van der Waals surface area contributed by atoms with Crippen LogP contribution in [0.3, 0.4) is 0 Å². The Bertz CT molecular complexity index is 1910. The number of hydrogen-bond acceptors (Lipinski definition) is 6. The van der Waals surface area contributed by atoms with Gasteiger partial charge in [0.1, 0.15) is 12.2 Å². The average molecular weight is 615 g/mol. The molecular weight excluding hydrogens is 594 g/mol. The number of rotatable bonds is 7. The number of halogens is 2. The number of methoxy groups -OCH3 is 1. The summed E-state index contributed by atoms with van der Waals surface area (Å²) >= 11 is 9.58. The summed E-state index contributed by atoms with van der Waals surface area (Å²) in [6, 6.07) is 27.6. The number of fused-ring (bicyclic) bond motifs is 2. The first-order chi connectivity index (χ1) is 19.5. The van der Waals surface area contributed by atoms with Gasteiger partial charge in [0.25, 0.3) is 5.56 Å². The lowest BCUT2D eigenvalue weighted by molar-refractivity contribution is 0.284. The van der Waals surface area contributed by atoms with Crippen LogP contribution in [0, 0.1) is 0 Å². The zero-order chi connectivity index (χ0) is 27.6. The van der Waals surface area contributed by atoms with Gasteiger partial charge in [0.2, 0.25) is 5.82 Å². The lowest BCUT2D eigenvalue weighted by atomic mass is 10.2. The molecule has 0 bridgehead atoms. The average Bonchev–Trinajstić information content (AvgIpc) is 3.41. The van der Waals surface area contributed by atoms with Crippen molar-refractivity contribution in [2.75, 3.05) is 7.11 Å². The second kappa shape index (κ2) is 11.0. The summed E-state index contributed by atoms with van der Waals surface area (Å²) in [5, 5.41) is 6.57. The summed E-state index contributed by atoms with van der Waals surface area (Å²) in [7, 11) is 1.57. The predicted molar refractivity (Wildman–Crippen MR) is 161 cm³/mol. The minimum Gasteiger partial charge on any atom is -0.493 e. The first kappa shape index (κ1) is 25.9. The van der Waals surface area contributed by atoms with Gasteiger partial charge in [-0.2, -0.15) is 9.78 Å². The van der Waals surface area contributed by atoms with Crippen molar-refractivity contribution >= 4 is 55.6 Å². The van der Waals surface area contributed by atoms with Crippen molar-refractivity contribution in [2.24, 2.45) is 5.10 Å². The molecule has 0 saturated heterocycles. The molecule has 198 valence electrons. The number of para-hydroxylation sites is 2. The van der Waals surface area contributed by atoms with Crippen LogP contribution < -0.4 is 15.0 Å². The van der Waals surface area contributed by atoms with Gasteiger partial charge in [0.15, 0.2) is 17.3 Å². The Kier molecular flexibility index (Phi) is 7.11. The van der Waals surface area contributed by atoms with Crippen LogP contribution in [-0.4, -0.2) is 23.0 Å². The third-order valence-electron chi connectivity index (χ3n) is 6.30. The van der Waals surface area contributed by atoms with E-state index in [0.717, 1.165) is 10.9 Å². The van der Waals surface area contributed by atoms with Crippen LogP contribution in [0.5, 0.6) is 11.5 Å². The largest absolute Gasteiger partial charge is 0.493 e. The highest BCUT2D eigenvalue weighted by atomic mass is 79.9. The van der Waals surface area contributed by atoms with Gasteiger partial charge in [-0.05, 0) is 70.0 Å². The molecule has 4 aromatic carbocycles. The fourth-order valence-electron chi connectivity index (χ4n) is 4.27. The number of nitrogens with zero attached hydrogens (tertiary/aromatic N) is 3. The summed E-state index contributed by atoms with van der Waals surface area (Å²) in [5.41, 5.74) is 2.57. The van der Waals surface area contributed by atoms with E-state index in [9.17, 15) is 4.79 Å². The summed E-state index contributed by atoms with van der Waals surface area (Å²) in [6.07, 6.45) is 1.57. The standard InChI is InChI=1S/C31H21BrClN3O4/c1-38-27-15-21(24(32)16-28(27)39-18-19-10-12-22(33)13-11-19)17-34-36-30(29-14-20-6-2-5-9-26(20)40-29)35-25-8-4-3-7-23(25)31(36)37/h2-17H,18H2,1H3. The molecule has 6 aromatic rings. The number of aromatic nitrogens is 2. The normalized spacial score (nSPS) is 11.5. The maximum atomic E-state index is 13.6. The second-order valence-electron chi connectivity index (χ2n) is 8.90. The highest BCUT2D eigenvalue weighted by Crippen LogP contribution is 2.34. The van der Waals surface area contributed by atoms with Crippen molar-refractivity contribution in [1.29, 1.82) is 0 Å². The molecule has 6 rings (SSSR count). The Balaban J connectivity index is 1.39. The summed E-state index contributed by atoms with van der Waals surface area (Å²) in [6.45, 7) is 0.340. The Morgan fingerprint density at radius 3 is 2.58 bits per heavy atom. The quantitative estimate of drug-likeness (QED) is 0.172. The van der Waals surface area contributed by atoms with Gasteiger partial charge >= 0.3 is 0 Å². The van der Waals surface area contributed by atoms with Gasteiger partial charge in [0, 0.05) is 20.4 Å². The summed E-state index contributed by atoms with van der Waals surface area (Å²) < 4.78 is 19.6. The molecule has 40 heavy (non-hydrogen) atoms. The van der Waals surface area contributed by atoms with Crippen LogP contribution in [0.15, 0.2) is 110 Å². The van der Waals surface area contributed by atoms with Crippen LogP contribution in [0.2, 0.25) is 5.02 Å². The van der Waals surface area contributed by atoms with Crippen LogP contribution in [0.4, 0.5) is 0 Å². The topological polar surface area (TPSA) is 78.9 Å². The number of ether oxygens (including phenoxy) is 2. The number of benzene rings is 4. The van der Waals surface area contributed by atoms with Gasteiger partial charge in [-0.1, -0.05) is 54.1 Å². The fraction of sp³-hybridized carbons (Fsp3) is 0.0645. The zero-order valence-electron chi connectivity index (χ0n) is 21.2. The first-order valence-electron chi connectivity index (χ1n) is 12.3. The minimum absolute atomic E-state index is 0.294. The van der Waals surface area contributed by atoms with Gasteiger partial charge in [-0.15, -0.1) is 0 Å². The molecule has 0 spiro atoms. The maximum Gasteiger partial charge on any atom is 0.282 e. The molecule has 0 aliphatic heterocycles. The molecule has 2 aromatic heterocycles. The van der Waals surface area contributed by atoms with Crippen molar-refractivity contribution < 1.29 is 13.9 Å². The molecule has 9 heteroatoms. The summed E-state index contributed by atoms with van der Waals surface area (Å²) in [5.74, 6) is 1.79.